The molecule has 0 aliphatic carbocycles. The predicted octanol–water partition coefficient (Wildman–Crippen LogP) is 4.55. The summed E-state index contributed by atoms with van der Waals surface area (Å²) in [4.78, 5) is 18.1. The number of fused-ring (bicyclic) bond motifs is 1. The number of allylic oxidation sites excluding steroid dienone is 1. The van der Waals surface area contributed by atoms with Crippen LogP contribution in [0.15, 0.2) is 67.0 Å². The molecule has 34 heavy (non-hydrogen) atoms. The summed E-state index contributed by atoms with van der Waals surface area (Å²) in [6, 6.07) is 15.0. The Morgan fingerprint density at radius 1 is 1.18 bits per heavy atom. The molecule has 0 spiro atoms. The summed E-state index contributed by atoms with van der Waals surface area (Å²) in [5.74, 6) is 1.73. The summed E-state index contributed by atoms with van der Waals surface area (Å²) >= 11 is 0. The SMILES string of the molecule is CC=CN1CCC(c2cnn3c(C(N)=O)c(-c4ccc(Oc5ccccc5OC)cc4)[nH]c23)C1. The van der Waals surface area contributed by atoms with E-state index in [9.17, 15) is 4.79 Å². The highest BCUT2D eigenvalue weighted by molar-refractivity contribution is 5.98. The van der Waals surface area contributed by atoms with E-state index in [2.05, 4.69) is 27.3 Å². The number of benzene rings is 2. The quantitative estimate of drug-likeness (QED) is 0.424. The third-order valence-corrected chi connectivity index (χ3v) is 6.18. The fraction of sp³-hybridized carbons (Fsp3) is 0.231. The molecule has 1 aliphatic rings. The van der Waals surface area contributed by atoms with Crippen LogP contribution in [0.3, 0.4) is 0 Å². The maximum absolute atomic E-state index is 12.4. The minimum atomic E-state index is -0.535. The lowest BCUT2D eigenvalue weighted by atomic mass is 10.0. The number of primary amides is 1. The van der Waals surface area contributed by atoms with Gasteiger partial charge in [-0.1, -0.05) is 18.2 Å². The fourth-order valence-corrected chi connectivity index (χ4v) is 4.58. The minimum Gasteiger partial charge on any atom is -0.493 e. The van der Waals surface area contributed by atoms with Crippen molar-refractivity contribution in [2.45, 2.75) is 19.3 Å². The number of hydrogen-bond acceptors (Lipinski definition) is 5. The molecule has 0 saturated carbocycles. The van der Waals surface area contributed by atoms with Gasteiger partial charge in [-0.2, -0.15) is 5.10 Å². The third kappa shape index (κ3) is 3.87. The average Bonchev–Trinajstić information content (AvgIpc) is 3.55. The molecule has 8 nitrogen and oxygen atoms in total. The smallest absolute Gasteiger partial charge is 0.269 e. The molecule has 4 aromatic rings. The lowest BCUT2D eigenvalue weighted by Gasteiger charge is -2.12. The van der Waals surface area contributed by atoms with E-state index in [1.807, 2.05) is 61.7 Å². The number of nitrogens with two attached hydrogens (primary N) is 1. The van der Waals surface area contributed by atoms with Crippen molar-refractivity contribution in [2.24, 2.45) is 5.73 Å². The molecule has 1 amide bonds. The highest BCUT2D eigenvalue weighted by Crippen LogP contribution is 2.35. The maximum Gasteiger partial charge on any atom is 0.269 e. The number of H-pyrrole nitrogens is 1. The van der Waals surface area contributed by atoms with Crippen LogP contribution in [0.4, 0.5) is 0 Å². The molecule has 1 aliphatic heterocycles. The van der Waals surface area contributed by atoms with Gasteiger partial charge in [-0.05, 0) is 55.9 Å². The van der Waals surface area contributed by atoms with Crippen molar-refractivity contribution < 1.29 is 14.3 Å². The molecule has 174 valence electrons. The van der Waals surface area contributed by atoms with Crippen molar-refractivity contribution in [1.29, 1.82) is 0 Å². The number of aromatic nitrogens is 3. The molecule has 8 heteroatoms. The first-order valence-electron chi connectivity index (χ1n) is 11.3. The van der Waals surface area contributed by atoms with Gasteiger partial charge >= 0.3 is 0 Å². The molecular weight excluding hydrogens is 430 g/mol. The zero-order valence-corrected chi connectivity index (χ0v) is 19.2. The standard InChI is InChI=1S/C26H27N5O3/c1-3-13-30-14-12-18(16-30)20-15-28-31-24(25(27)32)23(29-26(20)31)17-8-10-19(11-9-17)34-22-7-5-4-6-21(22)33-2/h3-11,13,15,18,29H,12,14,16H2,1-2H3,(H2,27,32). The van der Waals surface area contributed by atoms with Gasteiger partial charge in [0.1, 0.15) is 11.4 Å². The highest BCUT2D eigenvalue weighted by atomic mass is 16.5. The van der Waals surface area contributed by atoms with Gasteiger partial charge in [-0.3, -0.25) is 4.79 Å². The number of carbonyl (C=O) groups is 1. The Bertz CT molecular complexity index is 1350. The number of para-hydroxylation sites is 2. The molecule has 1 atom stereocenters. The van der Waals surface area contributed by atoms with Crippen molar-refractivity contribution in [3.63, 3.8) is 0 Å². The Balaban J connectivity index is 1.47. The summed E-state index contributed by atoms with van der Waals surface area (Å²) < 4.78 is 13.0. The number of imidazole rings is 1. The van der Waals surface area contributed by atoms with Crippen LogP contribution in [0.1, 0.15) is 35.3 Å². The molecular formula is C26H27N5O3. The molecule has 5 rings (SSSR count). The zero-order valence-electron chi connectivity index (χ0n) is 19.2. The van der Waals surface area contributed by atoms with E-state index in [0.29, 0.717) is 34.6 Å². The van der Waals surface area contributed by atoms with Gasteiger partial charge in [0.2, 0.25) is 0 Å². The summed E-state index contributed by atoms with van der Waals surface area (Å²) in [6.07, 6.45) is 7.04. The summed E-state index contributed by atoms with van der Waals surface area (Å²) in [5.41, 5.74) is 9.48. The predicted molar refractivity (Wildman–Crippen MR) is 130 cm³/mol. The topological polar surface area (TPSA) is 97.9 Å². The van der Waals surface area contributed by atoms with Gasteiger partial charge in [0, 0.05) is 30.1 Å². The molecule has 1 fully saturated rings. The number of aromatic amines is 1. The molecule has 2 aromatic carbocycles. The largest absolute Gasteiger partial charge is 0.493 e. The van der Waals surface area contributed by atoms with E-state index in [4.69, 9.17) is 15.2 Å². The number of rotatable bonds is 7. The molecule has 1 unspecified atom stereocenters. The van der Waals surface area contributed by atoms with Crippen LogP contribution < -0.4 is 15.2 Å². The van der Waals surface area contributed by atoms with E-state index >= 15 is 0 Å². The Hall–Kier alpha value is -4.20. The van der Waals surface area contributed by atoms with Gasteiger partial charge in [0.05, 0.1) is 19.0 Å². The normalized spacial score (nSPS) is 15.9. The number of methoxy groups -OCH3 is 1. The first-order valence-corrected chi connectivity index (χ1v) is 11.3. The maximum atomic E-state index is 12.4. The van der Waals surface area contributed by atoms with Crippen molar-refractivity contribution in [3.8, 4) is 28.5 Å². The van der Waals surface area contributed by atoms with Gasteiger partial charge < -0.3 is 25.1 Å². The first-order chi connectivity index (χ1) is 16.6. The number of likely N-dealkylation sites (tertiary alicyclic amines) is 1. The molecule has 2 aromatic heterocycles. The van der Waals surface area contributed by atoms with Crippen LogP contribution >= 0.6 is 0 Å². The van der Waals surface area contributed by atoms with E-state index in [0.717, 1.165) is 36.3 Å². The summed E-state index contributed by atoms with van der Waals surface area (Å²) in [7, 11) is 1.61. The van der Waals surface area contributed by atoms with Crippen molar-refractivity contribution in [3.05, 3.63) is 78.3 Å². The Morgan fingerprint density at radius 2 is 1.94 bits per heavy atom. The van der Waals surface area contributed by atoms with Crippen LogP contribution in [-0.2, 0) is 0 Å². The number of hydrogen-bond donors (Lipinski definition) is 2. The molecule has 0 radical (unpaired) electrons. The van der Waals surface area contributed by atoms with Crippen molar-refractivity contribution >= 4 is 11.6 Å². The number of ether oxygens (including phenoxy) is 2. The number of amides is 1. The van der Waals surface area contributed by atoms with Crippen molar-refractivity contribution in [1.82, 2.24) is 19.5 Å². The number of nitrogens with one attached hydrogen (secondary N) is 1. The van der Waals surface area contributed by atoms with Gasteiger partial charge in [-0.15, -0.1) is 0 Å². The summed E-state index contributed by atoms with van der Waals surface area (Å²) in [6.45, 7) is 3.94. The fourth-order valence-electron chi connectivity index (χ4n) is 4.58. The zero-order chi connectivity index (χ0) is 23.7. The molecule has 0 bridgehead atoms. The molecule has 3 heterocycles. The Labute approximate surface area is 197 Å². The van der Waals surface area contributed by atoms with Crippen LogP contribution in [0.25, 0.3) is 16.9 Å². The minimum absolute atomic E-state index is 0.331. The van der Waals surface area contributed by atoms with Gasteiger partial charge in [-0.25, -0.2) is 4.52 Å². The van der Waals surface area contributed by atoms with E-state index in [-0.39, 0.29) is 0 Å². The Kier molecular flexibility index (Phi) is 5.71. The third-order valence-electron chi connectivity index (χ3n) is 6.18. The van der Waals surface area contributed by atoms with Gasteiger partial charge in [0.15, 0.2) is 17.2 Å². The van der Waals surface area contributed by atoms with Crippen LogP contribution in [0, 0.1) is 0 Å². The van der Waals surface area contributed by atoms with E-state index < -0.39 is 5.91 Å². The van der Waals surface area contributed by atoms with Gasteiger partial charge in [0.25, 0.3) is 5.91 Å². The number of nitrogens with zero attached hydrogens (tertiary/aromatic N) is 3. The lowest BCUT2D eigenvalue weighted by Crippen LogP contribution is -2.15. The van der Waals surface area contributed by atoms with Crippen LogP contribution in [-0.4, -0.2) is 45.6 Å². The van der Waals surface area contributed by atoms with Crippen molar-refractivity contribution in [2.75, 3.05) is 20.2 Å². The highest BCUT2D eigenvalue weighted by Gasteiger charge is 2.28. The monoisotopic (exact) mass is 457 g/mol. The Morgan fingerprint density at radius 3 is 2.65 bits per heavy atom. The second-order valence-corrected chi connectivity index (χ2v) is 8.31. The number of carbonyl (C=O) groups excluding carboxylic acids is 1. The molecule has 1 saturated heterocycles. The van der Waals surface area contributed by atoms with Crippen LogP contribution in [0.5, 0.6) is 17.2 Å². The lowest BCUT2D eigenvalue weighted by molar-refractivity contribution is 0.0994. The first kappa shape index (κ1) is 21.6. The van der Waals surface area contributed by atoms with E-state index in [1.165, 1.54) is 0 Å². The summed E-state index contributed by atoms with van der Waals surface area (Å²) in [5, 5.41) is 4.50. The average molecular weight is 458 g/mol. The van der Waals surface area contributed by atoms with E-state index in [1.54, 1.807) is 11.6 Å². The molecule has 3 N–H and O–H groups in total. The second-order valence-electron chi connectivity index (χ2n) is 8.31. The second kappa shape index (κ2) is 8.97. The van der Waals surface area contributed by atoms with Crippen LogP contribution in [0.2, 0.25) is 0 Å².